The van der Waals surface area contributed by atoms with Crippen LogP contribution in [-0.2, 0) is 31.8 Å². The van der Waals surface area contributed by atoms with Crippen LogP contribution < -0.4 is 5.73 Å². The molecule has 0 radical (unpaired) electrons. The summed E-state index contributed by atoms with van der Waals surface area (Å²) in [7, 11) is -16.0. The quantitative estimate of drug-likeness (QED) is 0.111. The fourth-order valence-corrected chi connectivity index (χ4v) is 4.39. The fourth-order valence-electron chi connectivity index (χ4n) is 2.30. The highest BCUT2D eigenvalue weighted by Gasteiger charge is 2.56. The summed E-state index contributed by atoms with van der Waals surface area (Å²) in [4.78, 5) is 45.5. The number of hydrogen-bond donors (Lipinski definition) is 9. The van der Waals surface area contributed by atoms with E-state index in [4.69, 9.17) is 25.3 Å². The summed E-state index contributed by atoms with van der Waals surface area (Å²) < 4.78 is 51.8. The molecule has 0 saturated heterocycles. The Morgan fingerprint density at radius 1 is 0.714 bits per heavy atom. The summed E-state index contributed by atoms with van der Waals surface area (Å²) in [5, 5.41) is 29.7. The molecule has 16 nitrogen and oxygen atoms in total. The number of hydrogen-bond acceptors (Lipinski definition) is 11. The van der Waals surface area contributed by atoms with Crippen molar-refractivity contribution in [2.75, 3.05) is 13.2 Å². The van der Waals surface area contributed by atoms with Crippen molar-refractivity contribution >= 4 is 23.5 Å². The van der Waals surface area contributed by atoms with Crippen LogP contribution in [0.5, 0.6) is 0 Å². The maximum absolute atomic E-state index is 12.0. The number of phosphoric ester groups is 3. The maximum Gasteiger partial charge on any atom is 0.472 e. The number of phosphoric acid groups is 3. The highest BCUT2D eigenvalue weighted by Crippen LogP contribution is 2.51. The van der Waals surface area contributed by atoms with E-state index in [9.17, 15) is 33.9 Å². The molecule has 168 valence electrons. The van der Waals surface area contributed by atoms with Gasteiger partial charge in [0.15, 0.2) is 0 Å². The predicted octanol–water partition coefficient (Wildman–Crippen LogP) is -3.11. The second-order valence-corrected chi connectivity index (χ2v) is 9.40. The van der Waals surface area contributed by atoms with E-state index in [-0.39, 0.29) is 13.0 Å². The predicted molar refractivity (Wildman–Crippen MR) is 86.2 cm³/mol. The first-order valence-corrected chi connectivity index (χ1v) is 12.0. The van der Waals surface area contributed by atoms with Crippen LogP contribution in [0.3, 0.4) is 0 Å². The zero-order chi connectivity index (χ0) is 21.9. The molecule has 10 N–H and O–H groups in total. The van der Waals surface area contributed by atoms with Crippen LogP contribution in [0.25, 0.3) is 0 Å². The molecule has 0 heterocycles. The van der Waals surface area contributed by atoms with Gasteiger partial charge in [-0.05, 0) is 13.0 Å². The van der Waals surface area contributed by atoms with Crippen molar-refractivity contribution in [3.63, 3.8) is 0 Å². The van der Waals surface area contributed by atoms with E-state index in [0.29, 0.717) is 0 Å². The number of aliphatic hydroxyl groups excluding tert-OH is 3. The van der Waals surface area contributed by atoms with Gasteiger partial charge in [0.05, 0.1) is 6.61 Å². The molecular weight excluding hydrogens is 455 g/mol. The SMILES string of the molecule is NCCCOP(=O)(O)O[C@H]1[C@@H](O)[C@H](O)[C@@H](O)[C@H](OP(=O)(O)O)[C@H]1OP(=O)(O)O. The molecule has 19 heteroatoms. The summed E-state index contributed by atoms with van der Waals surface area (Å²) in [6, 6.07) is 0. The largest absolute Gasteiger partial charge is 0.472 e. The number of nitrogens with two attached hydrogens (primary N) is 1. The van der Waals surface area contributed by atoms with Gasteiger partial charge >= 0.3 is 23.5 Å². The van der Waals surface area contributed by atoms with Gasteiger partial charge in [-0.25, -0.2) is 13.7 Å². The van der Waals surface area contributed by atoms with E-state index in [0.717, 1.165) is 0 Å². The minimum absolute atomic E-state index is 0.0686. The zero-order valence-electron chi connectivity index (χ0n) is 13.9. The zero-order valence-corrected chi connectivity index (χ0v) is 16.6. The Morgan fingerprint density at radius 2 is 1.14 bits per heavy atom. The molecule has 0 amide bonds. The summed E-state index contributed by atoms with van der Waals surface area (Å²) in [5.41, 5.74) is 5.18. The molecule has 0 aromatic heterocycles. The Morgan fingerprint density at radius 3 is 1.57 bits per heavy atom. The molecular formula is C9H22NO15P3. The van der Waals surface area contributed by atoms with Gasteiger partial charge in [-0.3, -0.25) is 18.1 Å². The van der Waals surface area contributed by atoms with Gasteiger partial charge in [-0.2, -0.15) is 0 Å². The number of aliphatic hydroxyl groups is 3. The fraction of sp³-hybridized carbons (Fsp3) is 1.00. The lowest BCUT2D eigenvalue weighted by Gasteiger charge is -2.44. The molecule has 0 spiro atoms. The lowest BCUT2D eigenvalue weighted by Crippen LogP contribution is -2.65. The van der Waals surface area contributed by atoms with Gasteiger partial charge in [-0.1, -0.05) is 0 Å². The van der Waals surface area contributed by atoms with Crippen molar-refractivity contribution in [3.05, 3.63) is 0 Å². The van der Waals surface area contributed by atoms with Gasteiger partial charge in [0, 0.05) is 0 Å². The van der Waals surface area contributed by atoms with Gasteiger partial charge in [0.1, 0.15) is 36.6 Å². The molecule has 1 unspecified atom stereocenters. The van der Waals surface area contributed by atoms with Crippen LogP contribution >= 0.6 is 23.5 Å². The average Bonchev–Trinajstić information content (AvgIpc) is 2.51. The lowest BCUT2D eigenvalue weighted by atomic mass is 9.85. The maximum atomic E-state index is 12.0. The van der Waals surface area contributed by atoms with Crippen LogP contribution in [0, 0.1) is 0 Å². The standard InChI is InChI=1S/C9H22NO15P3/c10-2-1-3-22-28(20,21)25-8-6(13)4(11)5(12)7(23-26(14,15)16)9(8)24-27(17,18)19/h4-9,11-13H,1-3,10H2,(H,20,21)(H2,14,15,16)(H2,17,18,19)/t4-,5-,6+,7+,8+,9-/m1/s1. The third kappa shape index (κ3) is 8.13. The Hall–Kier alpha value is 0.170. The molecule has 1 rings (SSSR count). The lowest BCUT2D eigenvalue weighted by molar-refractivity contribution is -0.213. The van der Waals surface area contributed by atoms with E-state index in [1.54, 1.807) is 0 Å². The first-order valence-electron chi connectivity index (χ1n) is 7.46. The van der Waals surface area contributed by atoms with Crippen molar-refractivity contribution in [2.24, 2.45) is 5.73 Å². The highest BCUT2D eigenvalue weighted by molar-refractivity contribution is 7.47. The minimum atomic E-state index is -5.48. The van der Waals surface area contributed by atoms with E-state index >= 15 is 0 Å². The first-order chi connectivity index (χ1) is 12.6. The van der Waals surface area contributed by atoms with Gasteiger partial charge in [-0.15, -0.1) is 0 Å². The molecule has 1 fully saturated rings. The summed E-state index contributed by atoms with van der Waals surface area (Å²) in [6.45, 7) is -0.330. The molecule has 28 heavy (non-hydrogen) atoms. The third-order valence-electron chi connectivity index (χ3n) is 3.40. The van der Waals surface area contributed by atoms with Crippen LogP contribution in [0.15, 0.2) is 0 Å². The third-order valence-corrected chi connectivity index (χ3v) is 5.45. The summed E-state index contributed by atoms with van der Waals surface area (Å²) in [5.74, 6) is 0. The average molecular weight is 477 g/mol. The molecule has 1 aliphatic rings. The van der Waals surface area contributed by atoms with Crippen LogP contribution in [0.1, 0.15) is 6.42 Å². The normalized spacial score (nSPS) is 34.2. The molecule has 1 aliphatic carbocycles. The molecule has 1 saturated carbocycles. The van der Waals surface area contributed by atoms with Gasteiger partial charge in [0.25, 0.3) is 0 Å². The van der Waals surface area contributed by atoms with Gasteiger partial charge < -0.3 is 45.5 Å². The Balaban J connectivity index is 3.24. The van der Waals surface area contributed by atoms with Crippen molar-refractivity contribution in [3.8, 4) is 0 Å². The number of rotatable bonds is 10. The van der Waals surface area contributed by atoms with Crippen LogP contribution in [0.2, 0.25) is 0 Å². The smallest absolute Gasteiger partial charge is 0.387 e. The van der Waals surface area contributed by atoms with Crippen molar-refractivity contribution in [1.82, 2.24) is 0 Å². The van der Waals surface area contributed by atoms with Crippen molar-refractivity contribution < 1.29 is 71.6 Å². The minimum Gasteiger partial charge on any atom is -0.387 e. The van der Waals surface area contributed by atoms with E-state index < -0.39 is 66.7 Å². The van der Waals surface area contributed by atoms with Crippen LogP contribution in [0.4, 0.5) is 0 Å². The second-order valence-electron chi connectivity index (χ2n) is 5.61. The second kappa shape index (κ2) is 9.98. The Labute approximate surface area is 157 Å². The highest BCUT2D eigenvalue weighted by atomic mass is 31.2. The molecule has 0 aromatic rings. The summed E-state index contributed by atoms with van der Waals surface area (Å²) >= 11 is 0. The molecule has 0 aromatic carbocycles. The first kappa shape index (κ1) is 26.2. The monoisotopic (exact) mass is 477 g/mol. The van der Waals surface area contributed by atoms with Crippen molar-refractivity contribution in [2.45, 2.75) is 43.0 Å². The van der Waals surface area contributed by atoms with Crippen LogP contribution in [-0.4, -0.2) is 89.6 Å². The molecule has 7 atom stereocenters. The van der Waals surface area contributed by atoms with E-state index in [2.05, 4.69) is 18.1 Å². The Kier molecular flexibility index (Phi) is 9.34. The van der Waals surface area contributed by atoms with Gasteiger partial charge in [0.2, 0.25) is 0 Å². The Bertz CT molecular complexity index is 649. The molecule has 0 aliphatic heterocycles. The van der Waals surface area contributed by atoms with E-state index in [1.807, 2.05) is 0 Å². The molecule has 0 bridgehead atoms. The van der Waals surface area contributed by atoms with Crippen molar-refractivity contribution in [1.29, 1.82) is 0 Å². The summed E-state index contributed by atoms with van der Waals surface area (Å²) in [6.07, 6.45) is -13.9. The van der Waals surface area contributed by atoms with E-state index in [1.165, 1.54) is 0 Å². The topological polar surface area (TPSA) is 276 Å².